The monoisotopic (exact) mass is 219 g/mol. The summed E-state index contributed by atoms with van der Waals surface area (Å²) in [5.41, 5.74) is 0. The number of amides is 1. The fourth-order valence-electron chi connectivity index (χ4n) is 0.837. The zero-order valence-electron chi connectivity index (χ0n) is 9.49. The SMILES string of the molecule is CC(C)C(=O)NCCOCCOCCO. The van der Waals surface area contributed by atoms with Crippen molar-refractivity contribution in [3.8, 4) is 0 Å². The minimum atomic E-state index is 0.0119. The molecule has 0 saturated heterocycles. The van der Waals surface area contributed by atoms with E-state index in [1.54, 1.807) is 0 Å². The van der Waals surface area contributed by atoms with Crippen molar-refractivity contribution in [3.05, 3.63) is 0 Å². The van der Waals surface area contributed by atoms with Crippen molar-refractivity contribution >= 4 is 5.91 Å². The van der Waals surface area contributed by atoms with Gasteiger partial charge < -0.3 is 19.9 Å². The van der Waals surface area contributed by atoms with Gasteiger partial charge in [-0.1, -0.05) is 13.8 Å². The third-order valence-electron chi connectivity index (χ3n) is 1.68. The molecule has 0 bridgehead atoms. The molecular formula is C10H21NO4. The molecule has 0 fully saturated rings. The predicted molar refractivity (Wildman–Crippen MR) is 56.6 cm³/mol. The summed E-state index contributed by atoms with van der Waals surface area (Å²) in [4.78, 5) is 11.1. The molecule has 0 unspecified atom stereocenters. The van der Waals surface area contributed by atoms with Crippen LogP contribution in [0.1, 0.15) is 13.8 Å². The second-order valence-electron chi connectivity index (χ2n) is 3.39. The molecule has 15 heavy (non-hydrogen) atoms. The molecule has 90 valence electrons. The molecule has 5 nitrogen and oxygen atoms in total. The van der Waals surface area contributed by atoms with E-state index in [2.05, 4.69) is 5.32 Å². The lowest BCUT2D eigenvalue weighted by atomic mass is 10.2. The summed E-state index contributed by atoms with van der Waals surface area (Å²) >= 11 is 0. The predicted octanol–water partition coefficient (Wildman–Crippen LogP) is -0.216. The Morgan fingerprint density at radius 3 is 2.33 bits per heavy atom. The quantitative estimate of drug-likeness (QED) is 0.526. The molecule has 0 rings (SSSR count). The smallest absolute Gasteiger partial charge is 0.222 e. The summed E-state index contributed by atoms with van der Waals surface area (Å²) in [7, 11) is 0. The standard InChI is InChI=1S/C10H21NO4/c1-9(2)10(13)11-3-5-14-7-8-15-6-4-12/h9,12H,3-8H2,1-2H3,(H,11,13). The third-order valence-corrected chi connectivity index (χ3v) is 1.68. The Balaban J connectivity index is 3.08. The number of aliphatic hydroxyl groups excluding tert-OH is 1. The van der Waals surface area contributed by atoms with Crippen molar-refractivity contribution in [2.45, 2.75) is 13.8 Å². The summed E-state index contributed by atoms with van der Waals surface area (Å²) < 4.78 is 10.2. The van der Waals surface area contributed by atoms with E-state index in [4.69, 9.17) is 14.6 Å². The summed E-state index contributed by atoms with van der Waals surface area (Å²) in [5, 5.41) is 11.1. The van der Waals surface area contributed by atoms with Gasteiger partial charge in [-0.15, -0.1) is 0 Å². The number of nitrogens with one attached hydrogen (secondary N) is 1. The molecular weight excluding hydrogens is 198 g/mol. The highest BCUT2D eigenvalue weighted by molar-refractivity contribution is 5.77. The Hall–Kier alpha value is -0.650. The maximum absolute atomic E-state index is 11.1. The minimum Gasteiger partial charge on any atom is -0.394 e. The zero-order valence-corrected chi connectivity index (χ0v) is 9.49. The summed E-state index contributed by atoms with van der Waals surface area (Å²) in [6.07, 6.45) is 0. The molecule has 0 aliphatic heterocycles. The van der Waals surface area contributed by atoms with Crippen LogP contribution >= 0.6 is 0 Å². The van der Waals surface area contributed by atoms with E-state index in [0.717, 1.165) is 0 Å². The topological polar surface area (TPSA) is 67.8 Å². The third kappa shape index (κ3) is 9.65. The van der Waals surface area contributed by atoms with Crippen LogP contribution < -0.4 is 5.32 Å². The van der Waals surface area contributed by atoms with Crippen LogP contribution in [0.4, 0.5) is 0 Å². The van der Waals surface area contributed by atoms with Crippen molar-refractivity contribution in [1.29, 1.82) is 0 Å². The molecule has 0 aliphatic rings. The highest BCUT2D eigenvalue weighted by atomic mass is 16.5. The molecule has 5 heteroatoms. The Labute approximate surface area is 90.8 Å². The van der Waals surface area contributed by atoms with Gasteiger partial charge in [0.25, 0.3) is 0 Å². The molecule has 0 aromatic rings. The Morgan fingerprint density at radius 1 is 1.20 bits per heavy atom. The van der Waals surface area contributed by atoms with E-state index in [1.807, 2.05) is 13.8 Å². The Kier molecular flexibility index (Phi) is 9.46. The van der Waals surface area contributed by atoms with Crippen LogP contribution in [0.15, 0.2) is 0 Å². The summed E-state index contributed by atoms with van der Waals surface area (Å²) in [6.45, 7) is 6.03. The number of rotatable bonds is 9. The fraction of sp³-hybridized carbons (Fsp3) is 0.900. The highest BCUT2D eigenvalue weighted by Crippen LogP contribution is 1.89. The van der Waals surface area contributed by atoms with Crippen LogP contribution in [-0.4, -0.2) is 50.6 Å². The van der Waals surface area contributed by atoms with Gasteiger partial charge in [0, 0.05) is 12.5 Å². The minimum absolute atomic E-state index is 0.0119. The van der Waals surface area contributed by atoms with Crippen LogP contribution in [0.2, 0.25) is 0 Å². The lowest BCUT2D eigenvalue weighted by molar-refractivity contribution is -0.124. The van der Waals surface area contributed by atoms with Gasteiger partial charge in [-0.2, -0.15) is 0 Å². The fourth-order valence-corrected chi connectivity index (χ4v) is 0.837. The van der Waals surface area contributed by atoms with Gasteiger partial charge in [-0.3, -0.25) is 4.79 Å². The Bertz CT molecular complexity index is 162. The molecule has 2 N–H and O–H groups in total. The first kappa shape index (κ1) is 14.3. The molecule has 0 heterocycles. The largest absolute Gasteiger partial charge is 0.394 e. The normalized spacial score (nSPS) is 10.7. The number of carbonyl (C=O) groups excluding carboxylic acids is 1. The maximum atomic E-state index is 11.1. The second kappa shape index (κ2) is 9.89. The van der Waals surface area contributed by atoms with E-state index in [-0.39, 0.29) is 18.4 Å². The van der Waals surface area contributed by atoms with E-state index < -0.39 is 0 Å². The molecule has 0 aromatic carbocycles. The molecule has 0 aliphatic carbocycles. The maximum Gasteiger partial charge on any atom is 0.222 e. The van der Waals surface area contributed by atoms with Crippen LogP contribution in [0.3, 0.4) is 0 Å². The zero-order chi connectivity index (χ0) is 11.5. The lowest BCUT2D eigenvalue weighted by Crippen LogP contribution is -2.31. The lowest BCUT2D eigenvalue weighted by Gasteiger charge is -2.08. The van der Waals surface area contributed by atoms with Gasteiger partial charge in [-0.25, -0.2) is 0 Å². The van der Waals surface area contributed by atoms with Crippen LogP contribution in [0.25, 0.3) is 0 Å². The van der Waals surface area contributed by atoms with Crippen molar-refractivity contribution in [1.82, 2.24) is 5.32 Å². The molecule has 0 saturated carbocycles. The van der Waals surface area contributed by atoms with Crippen LogP contribution in [-0.2, 0) is 14.3 Å². The number of carbonyl (C=O) groups is 1. The van der Waals surface area contributed by atoms with Gasteiger partial charge in [0.2, 0.25) is 5.91 Å². The van der Waals surface area contributed by atoms with Crippen molar-refractivity contribution in [2.24, 2.45) is 5.92 Å². The second-order valence-corrected chi connectivity index (χ2v) is 3.39. The number of ether oxygens (including phenoxy) is 2. The Morgan fingerprint density at radius 2 is 1.80 bits per heavy atom. The molecule has 0 spiro atoms. The van der Waals surface area contributed by atoms with Crippen LogP contribution in [0, 0.1) is 5.92 Å². The number of hydrogen-bond donors (Lipinski definition) is 2. The molecule has 1 amide bonds. The van der Waals surface area contributed by atoms with Gasteiger partial charge in [0.1, 0.15) is 0 Å². The van der Waals surface area contributed by atoms with Gasteiger partial charge in [0.15, 0.2) is 0 Å². The van der Waals surface area contributed by atoms with Gasteiger partial charge in [0.05, 0.1) is 33.0 Å². The first-order chi connectivity index (χ1) is 7.18. The van der Waals surface area contributed by atoms with E-state index in [1.165, 1.54) is 0 Å². The van der Waals surface area contributed by atoms with E-state index in [9.17, 15) is 4.79 Å². The van der Waals surface area contributed by atoms with E-state index in [0.29, 0.717) is 33.0 Å². The van der Waals surface area contributed by atoms with Gasteiger partial charge >= 0.3 is 0 Å². The average Bonchev–Trinajstić information content (AvgIpc) is 2.21. The molecule has 0 aromatic heterocycles. The molecule has 0 radical (unpaired) electrons. The summed E-state index contributed by atoms with van der Waals surface area (Å²) in [6, 6.07) is 0. The summed E-state index contributed by atoms with van der Waals surface area (Å²) in [5.74, 6) is 0.0491. The molecule has 0 atom stereocenters. The van der Waals surface area contributed by atoms with Crippen molar-refractivity contribution < 1.29 is 19.4 Å². The van der Waals surface area contributed by atoms with Crippen molar-refractivity contribution in [2.75, 3.05) is 39.6 Å². The number of aliphatic hydroxyl groups is 1. The van der Waals surface area contributed by atoms with Crippen LogP contribution in [0.5, 0.6) is 0 Å². The first-order valence-electron chi connectivity index (χ1n) is 5.22. The van der Waals surface area contributed by atoms with Gasteiger partial charge in [-0.05, 0) is 0 Å². The number of hydrogen-bond acceptors (Lipinski definition) is 4. The first-order valence-corrected chi connectivity index (χ1v) is 5.22. The average molecular weight is 219 g/mol. The van der Waals surface area contributed by atoms with Crippen molar-refractivity contribution in [3.63, 3.8) is 0 Å². The van der Waals surface area contributed by atoms with E-state index >= 15 is 0 Å². The highest BCUT2D eigenvalue weighted by Gasteiger charge is 2.04.